The quantitative estimate of drug-likeness (QED) is 0.476. The largest absolute Gasteiger partial charge is 0.276 e. The minimum Gasteiger partial charge on any atom is -0.276 e. The summed E-state index contributed by atoms with van der Waals surface area (Å²) in [5.41, 5.74) is 4.79. The van der Waals surface area contributed by atoms with Crippen LogP contribution in [0.3, 0.4) is 0 Å². The molecular weight excluding hydrogens is 364 g/mol. The van der Waals surface area contributed by atoms with E-state index >= 15 is 0 Å². The number of benzene rings is 1. The predicted molar refractivity (Wildman–Crippen MR) is 117 cm³/mol. The van der Waals surface area contributed by atoms with Crippen LogP contribution in [0.15, 0.2) is 35.3 Å². The first-order chi connectivity index (χ1) is 13.7. The minimum absolute atomic E-state index is 0.568. The Morgan fingerprint density at radius 2 is 1.82 bits per heavy atom. The van der Waals surface area contributed by atoms with Gasteiger partial charge in [-0.1, -0.05) is 56.9 Å². The van der Waals surface area contributed by atoms with E-state index in [0.29, 0.717) is 6.54 Å². The van der Waals surface area contributed by atoms with E-state index in [1.165, 1.54) is 58.7 Å². The second kappa shape index (κ2) is 8.39. The zero-order chi connectivity index (χ0) is 19.5. The highest BCUT2D eigenvalue weighted by Crippen LogP contribution is 2.34. The van der Waals surface area contributed by atoms with Crippen molar-refractivity contribution in [2.24, 2.45) is 4.99 Å². The van der Waals surface area contributed by atoms with Gasteiger partial charge in [-0.25, -0.2) is 0 Å². The monoisotopic (exact) mass is 392 g/mol. The van der Waals surface area contributed by atoms with Gasteiger partial charge in [0, 0.05) is 16.0 Å². The van der Waals surface area contributed by atoms with E-state index in [0.717, 1.165) is 23.8 Å². The fourth-order valence-corrected chi connectivity index (χ4v) is 5.14. The Balaban J connectivity index is 1.71. The Hall–Kier alpha value is -2.27. The summed E-state index contributed by atoms with van der Waals surface area (Å²) in [5, 5.41) is 9.92. The van der Waals surface area contributed by atoms with Crippen molar-refractivity contribution in [2.75, 3.05) is 0 Å². The van der Waals surface area contributed by atoms with E-state index < -0.39 is 0 Å². The molecule has 3 heterocycles. The van der Waals surface area contributed by atoms with Gasteiger partial charge in [0.25, 0.3) is 0 Å². The number of unbranched alkanes of at least 4 members (excludes halogenated alkanes) is 4. The van der Waals surface area contributed by atoms with Crippen LogP contribution in [0, 0.1) is 13.8 Å². The summed E-state index contributed by atoms with van der Waals surface area (Å²) in [6.45, 7) is 7.03. The molecule has 0 N–H and O–H groups in total. The fourth-order valence-electron chi connectivity index (χ4n) is 3.87. The Bertz CT molecular complexity index is 996. The Morgan fingerprint density at radius 1 is 1.00 bits per heavy atom. The molecule has 4 nitrogen and oxygen atoms in total. The third-order valence-corrected chi connectivity index (χ3v) is 6.60. The number of aliphatic imine (C=N–C) groups is 1. The summed E-state index contributed by atoms with van der Waals surface area (Å²) in [6.07, 6.45) is 7.68. The third-order valence-electron chi connectivity index (χ3n) is 5.42. The Kier molecular flexibility index (Phi) is 5.72. The summed E-state index contributed by atoms with van der Waals surface area (Å²) in [6, 6.07) is 10.9. The average Bonchev–Trinajstić information content (AvgIpc) is 3.22. The van der Waals surface area contributed by atoms with Crippen molar-refractivity contribution in [2.45, 2.75) is 65.8 Å². The van der Waals surface area contributed by atoms with E-state index in [1.54, 1.807) is 0 Å². The molecule has 28 heavy (non-hydrogen) atoms. The molecule has 0 radical (unpaired) electrons. The molecule has 0 amide bonds. The van der Waals surface area contributed by atoms with Gasteiger partial charge in [0.05, 0.1) is 5.71 Å². The van der Waals surface area contributed by atoms with Crippen LogP contribution in [-0.2, 0) is 13.0 Å². The number of fused-ring (bicyclic) bond motifs is 3. The number of hydrogen-bond acceptors (Lipinski definition) is 4. The van der Waals surface area contributed by atoms with Crippen molar-refractivity contribution in [1.82, 2.24) is 14.8 Å². The molecule has 0 atom stereocenters. The van der Waals surface area contributed by atoms with Gasteiger partial charge in [0.1, 0.15) is 17.4 Å². The van der Waals surface area contributed by atoms with Crippen LogP contribution in [0.25, 0.3) is 5.00 Å². The lowest BCUT2D eigenvalue weighted by Crippen LogP contribution is -2.06. The van der Waals surface area contributed by atoms with Gasteiger partial charge in [-0.15, -0.1) is 21.5 Å². The summed E-state index contributed by atoms with van der Waals surface area (Å²) in [5.74, 6) is 1.87. The first kappa shape index (κ1) is 19.1. The summed E-state index contributed by atoms with van der Waals surface area (Å²) in [4.78, 5) is 6.42. The molecule has 2 aromatic heterocycles. The number of aromatic nitrogens is 3. The second-order valence-corrected chi connectivity index (χ2v) is 8.69. The molecule has 1 aliphatic rings. The summed E-state index contributed by atoms with van der Waals surface area (Å²) < 4.78 is 2.20. The number of rotatable bonds is 7. The van der Waals surface area contributed by atoms with Crippen molar-refractivity contribution in [3.63, 3.8) is 0 Å². The van der Waals surface area contributed by atoms with Crippen molar-refractivity contribution < 1.29 is 0 Å². The lowest BCUT2D eigenvalue weighted by Gasteiger charge is -2.09. The molecule has 0 bridgehead atoms. The lowest BCUT2D eigenvalue weighted by molar-refractivity contribution is 0.634. The van der Waals surface area contributed by atoms with Crippen LogP contribution in [0.4, 0.5) is 0 Å². The van der Waals surface area contributed by atoms with Crippen LogP contribution in [0.2, 0.25) is 0 Å². The standard InChI is InChI=1S/C23H28N4S/c1-4-5-6-7-8-12-18-14-20-22(19-13-10-9-11-16(19)2)24-15-21-26-25-17(3)27(21)23(20)28-18/h9-11,13-14H,4-8,12,15H2,1-3H3. The van der Waals surface area contributed by atoms with E-state index in [9.17, 15) is 0 Å². The summed E-state index contributed by atoms with van der Waals surface area (Å²) >= 11 is 1.88. The molecule has 0 spiro atoms. The zero-order valence-corrected chi connectivity index (χ0v) is 17.9. The molecular formula is C23H28N4S. The van der Waals surface area contributed by atoms with Gasteiger partial charge in [0.2, 0.25) is 0 Å². The molecule has 4 rings (SSSR count). The number of nitrogens with zero attached hydrogens (tertiary/aromatic N) is 4. The smallest absolute Gasteiger partial charge is 0.160 e. The first-order valence-corrected chi connectivity index (χ1v) is 11.2. The van der Waals surface area contributed by atoms with Crippen molar-refractivity contribution in [3.05, 3.63) is 63.5 Å². The molecule has 1 aromatic carbocycles. The van der Waals surface area contributed by atoms with Gasteiger partial charge in [0.15, 0.2) is 5.82 Å². The maximum Gasteiger partial charge on any atom is 0.160 e. The third kappa shape index (κ3) is 3.68. The number of aryl methyl sites for hydroxylation is 3. The minimum atomic E-state index is 0.568. The second-order valence-electron chi connectivity index (χ2n) is 7.57. The highest BCUT2D eigenvalue weighted by atomic mass is 32.1. The van der Waals surface area contributed by atoms with Gasteiger partial charge in [-0.05, 0) is 38.3 Å². The zero-order valence-electron chi connectivity index (χ0n) is 17.0. The molecule has 0 unspecified atom stereocenters. The fraction of sp³-hybridized carbons (Fsp3) is 0.435. The topological polar surface area (TPSA) is 43.1 Å². The van der Waals surface area contributed by atoms with Gasteiger partial charge < -0.3 is 0 Å². The van der Waals surface area contributed by atoms with Crippen molar-refractivity contribution in [3.8, 4) is 5.00 Å². The van der Waals surface area contributed by atoms with Crippen LogP contribution in [0.1, 0.15) is 72.2 Å². The van der Waals surface area contributed by atoms with E-state index in [4.69, 9.17) is 4.99 Å². The first-order valence-electron chi connectivity index (χ1n) is 10.3. The highest BCUT2D eigenvalue weighted by Gasteiger charge is 2.24. The van der Waals surface area contributed by atoms with Crippen molar-refractivity contribution in [1.29, 1.82) is 0 Å². The Morgan fingerprint density at radius 3 is 2.64 bits per heavy atom. The van der Waals surface area contributed by atoms with Gasteiger partial charge in [-0.2, -0.15) is 0 Å². The van der Waals surface area contributed by atoms with E-state index in [2.05, 4.69) is 58.9 Å². The van der Waals surface area contributed by atoms with Gasteiger partial charge >= 0.3 is 0 Å². The average molecular weight is 393 g/mol. The van der Waals surface area contributed by atoms with Crippen LogP contribution in [-0.4, -0.2) is 20.5 Å². The molecule has 0 fully saturated rings. The Labute approximate surface area is 171 Å². The van der Waals surface area contributed by atoms with Crippen LogP contribution in [0.5, 0.6) is 0 Å². The maximum absolute atomic E-state index is 4.98. The molecule has 146 valence electrons. The number of hydrogen-bond donors (Lipinski definition) is 0. The normalized spacial score (nSPS) is 13.0. The molecule has 0 saturated carbocycles. The molecule has 5 heteroatoms. The molecule has 0 saturated heterocycles. The summed E-state index contributed by atoms with van der Waals surface area (Å²) in [7, 11) is 0. The van der Waals surface area contributed by atoms with E-state index in [1.807, 2.05) is 18.3 Å². The maximum atomic E-state index is 4.98. The molecule has 0 aliphatic carbocycles. The lowest BCUT2D eigenvalue weighted by atomic mass is 9.99. The predicted octanol–water partition coefficient (Wildman–Crippen LogP) is 5.81. The molecule has 1 aliphatic heterocycles. The van der Waals surface area contributed by atoms with Crippen LogP contribution >= 0.6 is 11.3 Å². The molecule has 3 aromatic rings. The van der Waals surface area contributed by atoms with Crippen molar-refractivity contribution >= 4 is 17.0 Å². The van der Waals surface area contributed by atoms with Gasteiger partial charge in [-0.3, -0.25) is 9.56 Å². The van der Waals surface area contributed by atoms with Crippen LogP contribution < -0.4 is 0 Å². The number of thiophene rings is 1. The highest BCUT2D eigenvalue weighted by molar-refractivity contribution is 7.15. The van der Waals surface area contributed by atoms with E-state index in [-0.39, 0.29) is 0 Å². The SMILES string of the molecule is CCCCCCCc1cc2c(s1)-n1c(C)nnc1CN=C2c1ccccc1C.